The molecular formula is C18H11F3N2O2. The number of allylic oxidation sites excluding steroid dienone is 1. The van der Waals surface area contributed by atoms with Crippen LogP contribution in [0.25, 0.3) is 6.08 Å². The van der Waals surface area contributed by atoms with Gasteiger partial charge in [-0.2, -0.15) is 10.5 Å². The van der Waals surface area contributed by atoms with E-state index in [-0.39, 0.29) is 17.9 Å². The van der Waals surface area contributed by atoms with E-state index in [1.807, 2.05) is 0 Å². The normalized spacial score (nSPS) is 10.3. The van der Waals surface area contributed by atoms with Gasteiger partial charge in [0.1, 0.15) is 35.8 Å². The van der Waals surface area contributed by atoms with Crippen molar-refractivity contribution >= 4 is 6.08 Å². The minimum absolute atomic E-state index is 0.0406. The smallest absolute Gasteiger partial charge is 0.489 e. The molecule has 2 aromatic rings. The van der Waals surface area contributed by atoms with Gasteiger partial charge in [-0.25, -0.2) is 0 Å². The second-order valence-electron chi connectivity index (χ2n) is 4.79. The van der Waals surface area contributed by atoms with E-state index in [9.17, 15) is 13.2 Å². The molecule has 0 N–H and O–H groups in total. The molecule has 0 heterocycles. The third kappa shape index (κ3) is 5.60. The van der Waals surface area contributed by atoms with E-state index in [4.69, 9.17) is 15.3 Å². The lowest BCUT2D eigenvalue weighted by molar-refractivity contribution is -0.274. The van der Waals surface area contributed by atoms with Crippen molar-refractivity contribution in [2.75, 3.05) is 0 Å². The molecule has 2 rings (SSSR count). The molecule has 0 atom stereocenters. The Morgan fingerprint density at radius 1 is 0.960 bits per heavy atom. The largest absolute Gasteiger partial charge is 0.573 e. The van der Waals surface area contributed by atoms with Crippen LogP contribution >= 0.6 is 0 Å². The van der Waals surface area contributed by atoms with Crippen LogP contribution in [0.15, 0.2) is 54.1 Å². The zero-order valence-electron chi connectivity index (χ0n) is 12.7. The Balaban J connectivity index is 2.09. The number of halogens is 3. The molecular weight excluding hydrogens is 333 g/mol. The van der Waals surface area contributed by atoms with E-state index in [0.717, 1.165) is 17.7 Å². The Morgan fingerprint density at radius 3 is 2.16 bits per heavy atom. The van der Waals surface area contributed by atoms with E-state index in [2.05, 4.69) is 4.74 Å². The molecule has 4 nitrogen and oxygen atoms in total. The molecule has 0 unspecified atom stereocenters. The average molecular weight is 344 g/mol. The molecule has 0 saturated carbocycles. The summed E-state index contributed by atoms with van der Waals surface area (Å²) in [7, 11) is 0. The van der Waals surface area contributed by atoms with E-state index in [1.54, 1.807) is 36.4 Å². The van der Waals surface area contributed by atoms with Crippen molar-refractivity contribution in [2.24, 2.45) is 0 Å². The first-order chi connectivity index (χ1) is 11.9. The molecule has 0 aromatic heterocycles. The molecule has 7 heteroatoms. The third-order valence-electron chi connectivity index (χ3n) is 3.05. The second kappa shape index (κ2) is 7.89. The van der Waals surface area contributed by atoms with Crippen molar-refractivity contribution in [1.29, 1.82) is 10.5 Å². The van der Waals surface area contributed by atoms with Gasteiger partial charge in [0.25, 0.3) is 0 Å². The third-order valence-corrected chi connectivity index (χ3v) is 3.05. The van der Waals surface area contributed by atoms with E-state index < -0.39 is 6.36 Å². The van der Waals surface area contributed by atoms with Gasteiger partial charge in [-0.3, -0.25) is 0 Å². The standard InChI is InChI=1S/C18H11F3N2O2/c19-18(20,21)25-17-7-5-16(6-8-17)24-12-15-4-2-1-3-14(15)9-13(10-22)11-23/h1-9H,12H2. The maximum atomic E-state index is 12.1. The van der Waals surface area contributed by atoms with Gasteiger partial charge in [0.05, 0.1) is 0 Å². The number of ether oxygens (including phenoxy) is 2. The van der Waals surface area contributed by atoms with Crippen LogP contribution in [0.5, 0.6) is 11.5 Å². The van der Waals surface area contributed by atoms with Gasteiger partial charge in [-0.15, -0.1) is 13.2 Å². The molecule has 0 radical (unpaired) electrons. The Labute approximate surface area is 141 Å². The van der Waals surface area contributed by atoms with Crippen molar-refractivity contribution in [2.45, 2.75) is 13.0 Å². The minimum Gasteiger partial charge on any atom is -0.489 e. The van der Waals surface area contributed by atoms with Crippen molar-refractivity contribution in [3.63, 3.8) is 0 Å². The molecule has 0 aliphatic heterocycles. The van der Waals surface area contributed by atoms with Gasteiger partial charge in [0.15, 0.2) is 0 Å². The summed E-state index contributed by atoms with van der Waals surface area (Å²) in [5.74, 6) is 0.0185. The number of nitriles is 2. The van der Waals surface area contributed by atoms with Crippen LogP contribution in [0.2, 0.25) is 0 Å². The summed E-state index contributed by atoms with van der Waals surface area (Å²) in [6.07, 6.45) is -3.30. The number of hydrogen-bond donors (Lipinski definition) is 0. The fourth-order valence-electron chi connectivity index (χ4n) is 1.95. The van der Waals surface area contributed by atoms with Crippen molar-refractivity contribution in [3.8, 4) is 23.6 Å². The zero-order chi connectivity index (χ0) is 18.3. The summed E-state index contributed by atoms with van der Waals surface area (Å²) >= 11 is 0. The average Bonchev–Trinajstić information content (AvgIpc) is 2.58. The SMILES string of the molecule is N#CC(C#N)=Cc1ccccc1COc1ccc(OC(F)(F)F)cc1. The zero-order valence-corrected chi connectivity index (χ0v) is 12.7. The summed E-state index contributed by atoms with van der Waals surface area (Å²) in [6.45, 7) is 0.121. The lowest BCUT2D eigenvalue weighted by Crippen LogP contribution is -2.16. The van der Waals surface area contributed by atoms with Gasteiger partial charge in [0, 0.05) is 0 Å². The van der Waals surface area contributed by atoms with Gasteiger partial charge >= 0.3 is 6.36 Å². The van der Waals surface area contributed by atoms with E-state index in [1.165, 1.54) is 18.2 Å². The predicted octanol–water partition coefficient (Wildman–Crippen LogP) is 4.59. The summed E-state index contributed by atoms with van der Waals surface area (Å²) < 4.78 is 45.7. The maximum Gasteiger partial charge on any atom is 0.573 e. The number of alkyl halides is 3. The first kappa shape index (κ1) is 17.9. The van der Waals surface area contributed by atoms with Gasteiger partial charge in [-0.1, -0.05) is 24.3 Å². The van der Waals surface area contributed by atoms with Crippen LogP contribution in [0.4, 0.5) is 13.2 Å². The highest BCUT2D eigenvalue weighted by molar-refractivity contribution is 5.64. The van der Waals surface area contributed by atoms with Crippen molar-refractivity contribution in [1.82, 2.24) is 0 Å². The molecule has 0 bridgehead atoms. The van der Waals surface area contributed by atoms with Gasteiger partial charge in [-0.05, 0) is 41.5 Å². The number of benzene rings is 2. The first-order valence-corrected chi connectivity index (χ1v) is 6.99. The van der Waals surface area contributed by atoms with Crippen LogP contribution in [0, 0.1) is 22.7 Å². The molecule has 0 fully saturated rings. The fraction of sp³-hybridized carbons (Fsp3) is 0.111. The highest BCUT2D eigenvalue weighted by atomic mass is 19.4. The summed E-state index contributed by atoms with van der Waals surface area (Å²) in [5.41, 5.74) is 1.33. The van der Waals surface area contributed by atoms with Gasteiger partial charge in [0.2, 0.25) is 0 Å². The van der Waals surface area contributed by atoms with Crippen LogP contribution < -0.4 is 9.47 Å². The number of rotatable bonds is 5. The molecule has 2 aromatic carbocycles. The highest BCUT2D eigenvalue weighted by Crippen LogP contribution is 2.25. The fourth-order valence-corrected chi connectivity index (χ4v) is 1.95. The van der Waals surface area contributed by atoms with Gasteiger partial charge < -0.3 is 9.47 Å². The lowest BCUT2D eigenvalue weighted by atomic mass is 10.1. The molecule has 0 saturated heterocycles. The van der Waals surface area contributed by atoms with E-state index in [0.29, 0.717) is 11.3 Å². The summed E-state index contributed by atoms with van der Waals surface area (Å²) in [6, 6.07) is 15.6. The molecule has 25 heavy (non-hydrogen) atoms. The number of nitrogens with zero attached hydrogens (tertiary/aromatic N) is 2. The Hall–Kier alpha value is -3.45. The van der Waals surface area contributed by atoms with Crippen LogP contribution in [0.3, 0.4) is 0 Å². The predicted molar refractivity (Wildman–Crippen MR) is 83.1 cm³/mol. The molecule has 0 aliphatic carbocycles. The topological polar surface area (TPSA) is 66.0 Å². The summed E-state index contributed by atoms with van der Waals surface area (Å²) in [4.78, 5) is 0. The second-order valence-corrected chi connectivity index (χ2v) is 4.79. The molecule has 126 valence electrons. The highest BCUT2D eigenvalue weighted by Gasteiger charge is 2.30. The van der Waals surface area contributed by atoms with Crippen molar-refractivity contribution < 1.29 is 22.6 Å². The minimum atomic E-state index is -4.74. The molecule has 0 aliphatic rings. The van der Waals surface area contributed by atoms with Crippen molar-refractivity contribution in [3.05, 3.63) is 65.2 Å². The summed E-state index contributed by atoms with van der Waals surface area (Å²) in [5, 5.41) is 17.7. The maximum absolute atomic E-state index is 12.1. The Kier molecular flexibility index (Phi) is 5.65. The van der Waals surface area contributed by atoms with E-state index >= 15 is 0 Å². The van der Waals surface area contributed by atoms with Crippen LogP contribution in [-0.2, 0) is 6.61 Å². The van der Waals surface area contributed by atoms with Crippen LogP contribution in [-0.4, -0.2) is 6.36 Å². The van der Waals surface area contributed by atoms with Crippen LogP contribution in [0.1, 0.15) is 11.1 Å². The lowest BCUT2D eigenvalue weighted by Gasteiger charge is -2.11. The first-order valence-electron chi connectivity index (χ1n) is 6.99. The molecule has 0 amide bonds. The molecule has 0 spiro atoms. The monoisotopic (exact) mass is 344 g/mol. The Bertz CT molecular complexity index is 828. The quantitative estimate of drug-likeness (QED) is 0.744. The number of hydrogen-bond acceptors (Lipinski definition) is 4. The Morgan fingerprint density at radius 2 is 1.56 bits per heavy atom.